The highest BCUT2D eigenvalue weighted by Crippen LogP contribution is 2.31. The van der Waals surface area contributed by atoms with Gasteiger partial charge in [-0.25, -0.2) is 0 Å². The van der Waals surface area contributed by atoms with E-state index in [0.29, 0.717) is 6.54 Å². The molecule has 1 unspecified atom stereocenters. The van der Waals surface area contributed by atoms with Crippen molar-refractivity contribution in [2.24, 2.45) is 5.73 Å². The first-order chi connectivity index (χ1) is 7.61. The van der Waals surface area contributed by atoms with Crippen LogP contribution in [0.2, 0.25) is 0 Å². The molecule has 1 aromatic carbocycles. The molecule has 0 spiro atoms. The summed E-state index contributed by atoms with van der Waals surface area (Å²) in [4.78, 5) is 15.2. The number of benzene rings is 1. The minimum atomic E-state index is -0.467. The van der Waals surface area contributed by atoms with Crippen LogP contribution >= 0.6 is 0 Å². The summed E-state index contributed by atoms with van der Waals surface area (Å²) in [6, 6.07) is 7.47. The zero-order chi connectivity index (χ0) is 11.7. The average Bonchev–Trinajstić information content (AvgIpc) is 2.39. The molecule has 16 heavy (non-hydrogen) atoms. The van der Waals surface area contributed by atoms with Crippen LogP contribution in [0.3, 0.4) is 0 Å². The van der Waals surface area contributed by atoms with E-state index in [2.05, 4.69) is 11.3 Å². The van der Waals surface area contributed by atoms with Crippen LogP contribution in [0.1, 0.15) is 0 Å². The van der Waals surface area contributed by atoms with Crippen LogP contribution in [-0.2, 0) is 4.79 Å². The Kier molecular flexibility index (Phi) is 2.73. The predicted octanol–water partition coefficient (Wildman–Crippen LogP) is 0.508. The highest BCUT2D eigenvalue weighted by Gasteiger charge is 2.27. The Morgan fingerprint density at radius 3 is 2.62 bits per heavy atom. The number of amides is 1. The van der Waals surface area contributed by atoms with E-state index >= 15 is 0 Å². The minimum Gasteiger partial charge on any atom is -0.372 e. The summed E-state index contributed by atoms with van der Waals surface area (Å²) in [6.45, 7) is 0.592. The van der Waals surface area contributed by atoms with Crippen molar-refractivity contribution < 1.29 is 4.79 Å². The lowest BCUT2D eigenvalue weighted by molar-refractivity contribution is -0.118. The van der Waals surface area contributed by atoms with Gasteiger partial charge in [-0.05, 0) is 12.1 Å². The molecule has 0 aromatic heterocycles. The summed E-state index contributed by atoms with van der Waals surface area (Å²) in [6.07, 6.45) is 3.10. The molecule has 1 aliphatic rings. The SMILES string of the molecule is CN1C[C]C(C(N)=O)N(C)c2ccccc21. The van der Waals surface area contributed by atoms with Gasteiger partial charge in [-0.3, -0.25) is 4.79 Å². The molecule has 4 heteroatoms. The molecule has 1 amide bonds. The second-order valence-corrected chi connectivity index (χ2v) is 3.96. The van der Waals surface area contributed by atoms with Gasteiger partial charge in [0.05, 0.1) is 11.4 Å². The Morgan fingerprint density at radius 2 is 2.00 bits per heavy atom. The third-order valence-electron chi connectivity index (χ3n) is 2.85. The molecule has 1 aromatic rings. The smallest absolute Gasteiger partial charge is 0.240 e. The number of carbonyl (C=O) groups is 1. The van der Waals surface area contributed by atoms with Crippen molar-refractivity contribution in [3.05, 3.63) is 30.7 Å². The van der Waals surface area contributed by atoms with Crippen LogP contribution in [0.25, 0.3) is 0 Å². The molecule has 0 saturated carbocycles. The van der Waals surface area contributed by atoms with Crippen LogP contribution in [0.4, 0.5) is 11.4 Å². The van der Waals surface area contributed by atoms with Crippen molar-refractivity contribution in [1.82, 2.24) is 0 Å². The molecule has 0 saturated heterocycles. The lowest BCUT2D eigenvalue weighted by Crippen LogP contribution is -2.43. The van der Waals surface area contributed by atoms with Gasteiger partial charge in [0.15, 0.2) is 0 Å². The Bertz CT molecular complexity index is 405. The minimum absolute atomic E-state index is 0.368. The number of rotatable bonds is 1. The molecule has 2 radical (unpaired) electrons. The molecule has 1 heterocycles. The predicted molar refractivity (Wildman–Crippen MR) is 64.3 cm³/mol. The lowest BCUT2D eigenvalue weighted by Gasteiger charge is -2.26. The number of primary amides is 1. The first-order valence-electron chi connectivity index (χ1n) is 5.17. The van der Waals surface area contributed by atoms with E-state index in [-0.39, 0.29) is 5.91 Å². The fraction of sp³-hybridized carbons (Fsp3) is 0.333. The molecule has 84 valence electrons. The largest absolute Gasteiger partial charge is 0.372 e. The number of anilines is 2. The number of hydrogen-bond donors (Lipinski definition) is 1. The van der Waals surface area contributed by atoms with E-state index in [4.69, 9.17) is 5.73 Å². The van der Waals surface area contributed by atoms with Gasteiger partial charge in [-0.1, -0.05) is 12.1 Å². The van der Waals surface area contributed by atoms with Crippen LogP contribution < -0.4 is 15.5 Å². The van der Waals surface area contributed by atoms with E-state index < -0.39 is 6.04 Å². The quantitative estimate of drug-likeness (QED) is 0.745. The van der Waals surface area contributed by atoms with Crippen LogP contribution in [0.5, 0.6) is 0 Å². The van der Waals surface area contributed by atoms with Crippen molar-refractivity contribution in [2.45, 2.75) is 6.04 Å². The number of para-hydroxylation sites is 2. The van der Waals surface area contributed by atoms with Gasteiger partial charge in [-0.2, -0.15) is 0 Å². The van der Waals surface area contributed by atoms with E-state index in [9.17, 15) is 4.79 Å². The van der Waals surface area contributed by atoms with E-state index in [1.165, 1.54) is 0 Å². The molecule has 1 aliphatic heterocycles. The Morgan fingerprint density at radius 1 is 1.38 bits per heavy atom. The van der Waals surface area contributed by atoms with E-state index in [0.717, 1.165) is 11.4 Å². The summed E-state index contributed by atoms with van der Waals surface area (Å²) < 4.78 is 0. The van der Waals surface area contributed by atoms with Crippen molar-refractivity contribution in [1.29, 1.82) is 0 Å². The molecule has 1 atom stereocenters. The van der Waals surface area contributed by atoms with Crippen molar-refractivity contribution in [2.75, 3.05) is 30.4 Å². The average molecular weight is 217 g/mol. The van der Waals surface area contributed by atoms with Crippen LogP contribution in [0, 0.1) is 6.42 Å². The third kappa shape index (κ3) is 1.71. The third-order valence-corrected chi connectivity index (χ3v) is 2.85. The summed E-state index contributed by atoms with van der Waals surface area (Å²) in [5, 5.41) is 0. The number of hydrogen-bond acceptors (Lipinski definition) is 3. The second-order valence-electron chi connectivity index (χ2n) is 3.96. The van der Waals surface area contributed by atoms with Gasteiger partial charge in [0.1, 0.15) is 6.04 Å². The summed E-state index contributed by atoms with van der Waals surface area (Å²) >= 11 is 0. The summed E-state index contributed by atoms with van der Waals surface area (Å²) in [5.41, 5.74) is 7.45. The number of likely N-dealkylation sites (N-methyl/N-ethyl adjacent to an activating group) is 1. The summed E-state index contributed by atoms with van der Waals surface area (Å²) in [7, 11) is 3.84. The molecular formula is C12H15N3O. The number of fused-ring (bicyclic) bond motifs is 1. The fourth-order valence-corrected chi connectivity index (χ4v) is 1.96. The Labute approximate surface area is 95.6 Å². The van der Waals surface area contributed by atoms with Gasteiger partial charge in [0, 0.05) is 27.1 Å². The maximum Gasteiger partial charge on any atom is 0.240 e. The van der Waals surface area contributed by atoms with Crippen molar-refractivity contribution in [3.63, 3.8) is 0 Å². The molecule has 2 rings (SSSR count). The van der Waals surface area contributed by atoms with Gasteiger partial charge in [0.2, 0.25) is 5.91 Å². The maximum absolute atomic E-state index is 11.3. The molecule has 0 aliphatic carbocycles. The van der Waals surface area contributed by atoms with Gasteiger partial charge in [0.25, 0.3) is 0 Å². The first-order valence-corrected chi connectivity index (χ1v) is 5.17. The maximum atomic E-state index is 11.3. The van der Waals surface area contributed by atoms with Crippen molar-refractivity contribution >= 4 is 17.3 Å². The molecule has 0 bridgehead atoms. The zero-order valence-corrected chi connectivity index (χ0v) is 9.47. The standard InChI is InChI=1S/C12H15N3O/c1-14-8-7-11(12(13)16)15(2)10-6-4-3-5-9(10)14/h3-6,11H,8H2,1-2H3,(H2,13,16). The topological polar surface area (TPSA) is 49.6 Å². The van der Waals surface area contributed by atoms with Gasteiger partial charge < -0.3 is 15.5 Å². The van der Waals surface area contributed by atoms with Gasteiger partial charge in [-0.15, -0.1) is 0 Å². The van der Waals surface area contributed by atoms with E-state index in [1.54, 1.807) is 0 Å². The Balaban J connectivity index is 2.44. The molecule has 0 fully saturated rings. The first kappa shape index (κ1) is 10.8. The number of nitrogens with two attached hydrogens (primary N) is 1. The Hall–Kier alpha value is -1.71. The fourth-order valence-electron chi connectivity index (χ4n) is 1.96. The van der Waals surface area contributed by atoms with E-state index in [1.807, 2.05) is 43.3 Å². The van der Waals surface area contributed by atoms with Crippen molar-refractivity contribution in [3.8, 4) is 0 Å². The van der Waals surface area contributed by atoms with Crippen LogP contribution in [0.15, 0.2) is 24.3 Å². The molecule has 4 nitrogen and oxygen atoms in total. The monoisotopic (exact) mass is 217 g/mol. The number of nitrogens with zero attached hydrogens (tertiary/aromatic N) is 2. The summed E-state index contributed by atoms with van der Waals surface area (Å²) in [5.74, 6) is -0.368. The number of carbonyl (C=O) groups excluding carboxylic acids is 1. The highest BCUT2D eigenvalue weighted by molar-refractivity contribution is 5.88. The second kappa shape index (κ2) is 4.04. The normalized spacial score (nSPS) is 20.2. The molecular weight excluding hydrogens is 202 g/mol. The zero-order valence-electron chi connectivity index (χ0n) is 9.47. The molecule has 2 N–H and O–H groups in total. The lowest BCUT2D eigenvalue weighted by atomic mass is 10.1. The van der Waals surface area contributed by atoms with Gasteiger partial charge >= 0.3 is 0 Å². The highest BCUT2D eigenvalue weighted by atomic mass is 16.1. The van der Waals surface area contributed by atoms with Crippen LogP contribution in [-0.4, -0.2) is 32.6 Å².